The molecule has 4 rings (SSSR count). The Morgan fingerprint density at radius 2 is 1.59 bits per heavy atom. The SMILES string of the molecule is C=CCOc1cc(Cl)c(Cc2ncc(C3=CCCO3)s2)cc1[C@@H]1O[C@H](COCCCC)[C@@H](OCCCC)[C@H](OCCCC)[C@H]1OCCCC. The van der Waals surface area contributed by atoms with E-state index >= 15 is 0 Å². The Balaban J connectivity index is 1.76. The van der Waals surface area contributed by atoms with Gasteiger partial charge in [-0.3, -0.25) is 0 Å². The molecule has 1 aromatic carbocycles. The maximum atomic E-state index is 7.07. The van der Waals surface area contributed by atoms with Gasteiger partial charge in [0.15, 0.2) is 0 Å². The van der Waals surface area contributed by atoms with Gasteiger partial charge in [0.1, 0.15) is 48.6 Å². The monoisotopic (exact) mass is 719 g/mol. The predicted octanol–water partition coefficient (Wildman–Crippen LogP) is 9.53. The van der Waals surface area contributed by atoms with Crippen molar-refractivity contribution in [2.75, 3.05) is 46.2 Å². The molecule has 1 aromatic heterocycles. The molecule has 0 saturated carbocycles. The molecule has 49 heavy (non-hydrogen) atoms. The Hall–Kier alpha value is -1.98. The van der Waals surface area contributed by atoms with E-state index in [1.807, 2.05) is 12.3 Å². The lowest BCUT2D eigenvalue weighted by Crippen LogP contribution is -2.58. The van der Waals surface area contributed by atoms with E-state index in [0.29, 0.717) is 63.4 Å². The number of rotatable bonds is 24. The Morgan fingerprint density at radius 3 is 2.24 bits per heavy atom. The van der Waals surface area contributed by atoms with Crippen LogP contribution in [0.15, 0.2) is 37.1 Å². The normalized spacial score (nSPS) is 22.2. The van der Waals surface area contributed by atoms with Gasteiger partial charge in [-0.15, -0.1) is 11.3 Å². The van der Waals surface area contributed by atoms with Crippen molar-refractivity contribution in [1.82, 2.24) is 4.98 Å². The van der Waals surface area contributed by atoms with Crippen LogP contribution in [0.4, 0.5) is 0 Å². The molecular formula is C39H58ClNO7S. The molecule has 3 heterocycles. The minimum absolute atomic E-state index is 0.324. The lowest BCUT2D eigenvalue weighted by Gasteiger charge is -2.46. The van der Waals surface area contributed by atoms with E-state index in [2.05, 4.69) is 46.4 Å². The van der Waals surface area contributed by atoms with Crippen LogP contribution >= 0.6 is 22.9 Å². The average Bonchev–Trinajstić information content (AvgIpc) is 3.81. The third-order valence-corrected chi connectivity index (χ3v) is 10.0. The van der Waals surface area contributed by atoms with E-state index in [1.165, 1.54) is 0 Å². The average molecular weight is 720 g/mol. The fraction of sp³-hybridized carbons (Fsp3) is 0.667. The van der Waals surface area contributed by atoms with Crippen LogP contribution in [0.2, 0.25) is 5.02 Å². The predicted molar refractivity (Wildman–Crippen MR) is 198 cm³/mol. The summed E-state index contributed by atoms with van der Waals surface area (Å²) < 4.78 is 45.5. The van der Waals surface area contributed by atoms with E-state index < -0.39 is 12.2 Å². The van der Waals surface area contributed by atoms with E-state index in [9.17, 15) is 0 Å². The standard InChI is InChI=1S/C39H58ClNO7S/c1-6-11-18-42-27-33-37(45-19-12-7-2)39(47-21-14-9-4)38(46-20-13-8-3)36(48-33)29-23-28(30(40)25-32(29)43-17-10-5)24-35-41-26-34(49-35)31-16-15-22-44-31/h10,16,23,25-26,33,36-39H,5-9,11-15,17-22,24,27H2,1-4H3/t33-,36+,37-,38+,39+/m1/s1. The molecule has 8 nitrogen and oxygen atoms in total. The van der Waals surface area contributed by atoms with Crippen LogP contribution in [0.5, 0.6) is 5.75 Å². The van der Waals surface area contributed by atoms with Crippen molar-refractivity contribution < 1.29 is 33.2 Å². The highest BCUT2D eigenvalue weighted by molar-refractivity contribution is 7.12. The molecule has 10 heteroatoms. The highest BCUT2D eigenvalue weighted by Gasteiger charge is 2.49. The number of hydrogen-bond donors (Lipinski definition) is 0. The minimum atomic E-state index is -0.519. The van der Waals surface area contributed by atoms with Crippen molar-refractivity contribution in [3.63, 3.8) is 0 Å². The van der Waals surface area contributed by atoms with Gasteiger partial charge in [0.2, 0.25) is 0 Å². The Morgan fingerprint density at radius 1 is 0.918 bits per heavy atom. The van der Waals surface area contributed by atoms with Crippen LogP contribution < -0.4 is 4.74 Å². The zero-order valence-corrected chi connectivity index (χ0v) is 31.7. The van der Waals surface area contributed by atoms with Gasteiger partial charge in [-0.2, -0.15) is 0 Å². The summed E-state index contributed by atoms with van der Waals surface area (Å²) in [4.78, 5) is 5.75. The first-order chi connectivity index (χ1) is 24.0. The molecule has 1 fully saturated rings. The van der Waals surface area contributed by atoms with Gasteiger partial charge in [0.25, 0.3) is 0 Å². The number of hydrogen-bond acceptors (Lipinski definition) is 9. The molecular weight excluding hydrogens is 662 g/mol. The van der Waals surface area contributed by atoms with Crippen molar-refractivity contribution in [2.24, 2.45) is 0 Å². The number of nitrogens with zero attached hydrogens (tertiary/aromatic N) is 1. The summed E-state index contributed by atoms with van der Waals surface area (Å²) in [6.45, 7) is 16.5. The molecule has 0 bridgehead atoms. The Kier molecular flexibility index (Phi) is 17.9. The first-order valence-electron chi connectivity index (χ1n) is 18.5. The Bertz CT molecular complexity index is 1290. The van der Waals surface area contributed by atoms with E-state index in [0.717, 1.165) is 84.6 Å². The molecule has 0 spiro atoms. The maximum absolute atomic E-state index is 7.07. The van der Waals surface area contributed by atoms with Crippen LogP contribution in [-0.4, -0.2) is 75.6 Å². The van der Waals surface area contributed by atoms with E-state index in [4.69, 9.17) is 49.7 Å². The minimum Gasteiger partial charge on any atom is -0.492 e. The van der Waals surface area contributed by atoms with Crippen molar-refractivity contribution in [2.45, 2.75) is 122 Å². The molecule has 0 unspecified atom stereocenters. The zero-order valence-electron chi connectivity index (χ0n) is 30.1. The fourth-order valence-electron chi connectivity index (χ4n) is 5.92. The molecule has 2 aromatic rings. The topological polar surface area (TPSA) is 77.5 Å². The van der Waals surface area contributed by atoms with Crippen LogP contribution in [-0.2, 0) is 34.8 Å². The second kappa shape index (κ2) is 22.1. The number of halogens is 1. The fourth-order valence-corrected chi connectivity index (χ4v) is 7.07. The smallest absolute Gasteiger partial charge is 0.134 e. The molecule has 274 valence electrons. The van der Waals surface area contributed by atoms with Crippen molar-refractivity contribution in [3.05, 3.63) is 63.1 Å². The molecule has 0 aliphatic carbocycles. The molecule has 0 amide bonds. The van der Waals surface area contributed by atoms with Crippen molar-refractivity contribution in [3.8, 4) is 5.75 Å². The molecule has 0 radical (unpaired) electrons. The summed E-state index contributed by atoms with van der Waals surface area (Å²) in [5.74, 6) is 1.54. The molecule has 2 aliphatic rings. The van der Waals surface area contributed by atoms with E-state index in [1.54, 1.807) is 17.4 Å². The van der Waals surface area contributed by atoms with Gasteiger partial charge >= 0.3 is 0 Å². The number of benzene rings is 1. The third kappa shape index (κ3) is 11.8. The number of thiazole rings is 1. The second-order valence-electron chi connectivity index (χ2n) is 12.7. The quantitative estimate of drug-likeness (QED) is 0.0785. The summed E-state index contributed by atoms with van der Waals surface area (Å²) in [6, 6.07) is 3.99. The summed E-state index contributed by atoms with van der Waals surface area (Å²) in [5, 5.41) is 1.55. The summed E-state index contributed by atoms with van der Waals surface area (Å²) in [6.07, 6.45) is 13.1. The third-order valence-electron chi connectivity index (χ3n) is 8.67. The van der Waals surface area contributed by atoms with Gasteiger partial charge in [-0.1, -0.05) is 77.6 Å². The van der Waals surface area contributed by atoms with Gasteiger partial charge in [0.05, 0.1) is 23.1 Å². The summed E-state index contributed by atoms with van der Waals surface area (Å²) in [7, 11) is 0. The number of aromatic nitrogens is 1. The highest BCUT2D eigenvalue weighted by Crippen LogP contribution is 2.43. The lowest BCUT2D eigenvalue weighted by atomic mass is 9.89. The first kappa shape index (κ1) is 39.8. The highest BCUT2D eigenvalue weighted by atomic mass is 35.5. The van der Waals surface area contributed by atoms with Gasteiger partial charge < -0.3 is 33.2 Å². The first-order valence-corrected chi connectivity index (χ1v) is 19.7. The zero-order chi connectivity index (χ0) is 34.8. The number of unbranched alkanes of at least 4 members (excludes halogenated alkanes) is 4. The molecule has 1 saturated heterocycles. The van der Waals surface area contributed by atoms with Crippen molar-refractivity contribution in [1.29, 1.82) is 0 Å². The molecule has 0 N–H and O–H groups in total. The van der Waals surface area contributed by atoms with Gasteiger partial charge in [-0.25, -0.2) is 4.98 Å². The largest absolute Gasteiger partial charge is 0.492 e. The second-order valence-corrected chi connectivity index (χ2v) is 14.2. The van der Waals surface area contributed by atoms with E-state index in [-0.39, 0.29) is 18.3 Å². The van der Waals surface area contributed by atoms with Crippen LogP contribution in [0.3, 0.4) is 0 Å². The molecule has 5 atom stereocenters. The van der Waals surface area contributed by atoms with Crippen LogP contribution in [0, 0.1) is 0 Å². The maximum Gasteiger partial charge on any atom is 0.134 e. The van der Waals surface area contributed by atoms with Crippen LogP contribution in [0.1, 0.15) is 113 Å². The lowest BCUT2D eigenvalue weighted by molar-refractivity contribution is -0.268. The summed E-state index contributed by atoms with van der Waals surface area (Å²) >= 11 is 8.60. The van der Waals surface area contributed by atoms with Gasteiger partial charge in [0, 0.05) is 56.1 Å². The van der Waals surface area contributed by atoms with Crippen molar-refractivity contribution >= 4 is 28.7 Å². The van der Waals surface area contributed by atoms with Crippen LogP contribution in [0.25, 0.3) is 5.76 Å². The Labute approximate surface area is 303 Å². The van der Waals surface area contributed by atoms with Gasteiger partial charge in [-0.05, 0) is 49.5 Å². The summed E-state index contributed by atoms with van der Waals surface area (Å²) in [5.41, 5.74) is 1.79. The number of ether oxygens (including phenoxy) is 7. The molecule has 2 aliphatic heterocycles.